The van der Waals surface area contributed by atoms with Gasteiger partial charge in [0.05, 0.1) is 11.1 Å². The molecule has 1 aliphatic rings. The number of benzene rings is 1. The second-order valence-corrected chi connectivity index (χ2v) is 7.19. The summed E-state index contributed by atoms with van der Waals surface area (Å²) in [6.45, 7) is -0.287. The molecular weight excluding hydrogens is 392 g/mol. The molecule has 0 unspecified atom stereocenters. The Morgan fingerprint density at radius 2 is 1.93 bits per heavy atom. The molecule has 4 heterocycles. The number of aromatic nitrogens is 4. The van der Waals surface area contributed by atoms with E-state index in [2.05, 4.69) is 25.3 Å². The van der Waals surface area contributed by atoms with Crippen LogP contribution in [0.4, 0.5) is 8.78 Å². The van der Waals surface area contributed by atoms with Crippen molar-refractivity contribution < 1.29 is 18.3 Å². The molecule has 9 heteroatoms. The molecule has 2 N–H and O–H groups in total. The van der Waals surface area contributed by atoms with Gasteiger partial charge in [-0.25, -0.2) is 18.7 Å². The third-order valence-electron chi connectivity index (χ3n) is 5.35. The second-order valence-electron chi connectivity index (χ2n) is 7.19. The quantitative estimate of drug-likeness (QED) is 0.503. The van der Waals surface area contributed by atoms with Gasteiger partial charge in [0, 0.05) is 49.6 Å². The number of H-pyrrole nitrogens is 1. The molecule has 0 bridgehead atoms. The van der Waals surface area contributed by atoms with Crippen LogP contribution in [0.25, 0.3) is 22.1 Å². The Morgan fingerprint density at radius 1 is 1.10 bits per heavy atom. The zero-order chi connectivity index (χ0) is 20.8. The van der Waals surface area contributed by atoms with Crippen molar-refractivity contribution in [1.82, 2.24) is 25.3 Å². The first-order valence-electron chi connectivity index (χ1n) is 9.46. The van der Waals surface area contributed by atoms with Crippen molar-refractivity contribution in [3.63, 3.8) is 0 Å². The summed E-state index contributed by atoms with van der Waals surface area (Å²) in [5.74, 6) is -4.34. The van der Waals surface area contributed by atoms with Crippen molar-refractivity contribution in [3.8, 4) is 5.88 Å². The van der Waals surface area contributed by atoms with Crippen LogP contribution in [-0.4, -0.2) is 50.3 Å². The standard InChI is InChI=1S/C21H17F2N5O2/c22-21(23)7-8-24-12-20(21,18(29)14-11-27-19-17(14)25-9-10-26-19)30-16-6-5-13-3-1-2-4-15(13)28-16/h1-6,9-11,24H,7-8,12H2,(H,26,27)/t20-/m0/s1. The van der Waals surface area contributed by atoms with Crippen LogP contribution in [-0.2, 0) is 0 Å². The number of carbonyl (C=O) groups is 1. The van der Waals surface area contributed by atoms with E-state index in [-0.39, 0.29) is 30.0 Å². The summed E-state index contributed by atoms with van der Waals surface area (Å²) in [6.07, 6.45) is 3.66. The SMILES string of the molecule is O=C(c1c[nH]c2nccnc12)[C@@]1(Oc2ccc3ccccc3n2)CNCCC1(F)F. The van der Waals surface area contributed by atoms with E-state index in [1.807, 2.05) is 12.1 Å². The van der Waals surface area contributed by atoms with E-state index < -0.39 is 23.7 Å². The molecule has 4 aromatic rings. The summed E-state index contributed by atoms with van der Waals surface area (Å²) < 4.78 is 36.4. The Morgan fingerprint density at radius 3 is 2.80 bits per heavy atom. The van der Waals surface area contributed by atoms with Crippen LogP contribution in [0.3, 0.4) is 0 Å². The maximum Gasteiger partial charge on any atom is 0.296 e. The third-order valence-corrected chi connectivity index (χ3v) is 5.35. The van der Waals surface area contributed by atoms with Crippen LogP contribution < -0.4 is 10.1 Å². The fraction of sp³-hybridized carbons (Fsp3) is 0.238. The average Bonchev–Trinajstić information content (AvgIpc) is 3.19. The predicted molar refractivity (Wildman–Crippen MR) is 106 cm³/mol. The molecule has 7 nitrogen and oxygen atoms in total. The summed E-state index contributed by atoms with van der Waals surface area (Å²) in [5.41, 5.74) is -1.32. The average molecular weight is 409 g/mol. The van der Waals surface area contributed by atoms with Gasteiger partial charge in [-0.3, -0.25) is 9.78 Å². The van der Waals surface area contributed by atoms with Crippen molar-refractivity contribution in [2.45, 2.75) is 17.9 Å². The Hall–Kier alpha value is -3.46. The number of nitrogens with one attached hydrogen (secondary N) is 2. The van der Waals surface area contributed by atoms with Gasteiger partial charge in [-0.15, -0.1) is 0 Å². The van der Waals surface area contributed by atoms with E-state index in [1.54, 1.807) is 18.2 Å². The molecule has 5 rings (SSSR count). The summed E-state index contributed by atoms with van der Waals surface area (Å²) >= 11 is 0. The Labute approximate surface area is 169 Å². The zero-order valence-corrected chi connectivity index (χ0v) is 15.7. The largest absolute Gasteiger partial charge is 0.455 e. The van der Waals surface area contributed by atoms with Crippen LogP contribution in [0.15, 0.2) is 55.0 Å². The Kier molecular flexibility index (Phi) is 4.21. The monoisotopic (exact) mass is 409 g/mol. The summed E-state index contributed by atoms with van der Waals surface area (Å²) in [7, 11) is 0. The number of alkyl halides is 2. The van der Waals surface area contributed by atoms with Gasteiger partial charge in [-0.1, -0.05) is 18.2 Å². The molecule has 0 amide bonds. The highest BCUT2D eigenvalue weighted by molar-refractivity contribution is 6.11. The van der Waals surface area contributed by atoms with Gasteiger partial charge in [-0.2, -0.15) is 0 Å². The fourth-order valence-corrected chi connectivity index (χ4v) is 3.77. The van der Waals surface area contributed by atoms with Crippen LogP contribution in [0, 0.1) is 0 Å². The van der Waals surface area contributed by atoms with E-state index in [9.17, 15) is 4.79 Å². The molecule has 0 aliphatic carbocycles. The van der Waals surface area contributed by atoms with Crippen LogP contribution >= 0.6 is 0 Å². The number of hydrogen-bond donors (Lipinski definition) is 2. The van der Waals surface area contributed by atoms with Gasteiger partial charge in [-0.05, 0) is 12.1 Å². The molecule has 1 aromatic carbocycles. The third kappa shape index (κ3) is 2.81. The zero-order valence-electron chi connectivity index (χ0n) is 15.7. The lowest BCUT2D eigenvalue weighted by Gasteiger charge is -2.42. The maximum absolute atomic E-state index is 15.3. The van der Waals surface area contributed by atoms with Gasteiger partial charge in [0.25, 0.3) is 5.92 Å². The number of ether oxygens (including phenoxy) is 1. The minimum atomic E-state index is -3.42. The lowest BCUT2D eigenvalue weighted by atomic mass is 9.82. The number of ketones is 1. The lowest BCUT2D eigenvalue weighted by molar-refractivity contribution is -0.155. The minimum Gasteiger partial charge on any atom is -0.455 e. The molecule has 1 saturated heterocycles. The molecular formula is C21H17F2N5O2. The summed E-state index contributed by atoms with van der Waals surface area (Å²) in [5, 5.41) is 3.72. The number of Topliss-reactive ketones (excluding diaryl/α,β-unsaturated/α-hetero) is 1. The molecule has 0 radical (unpaired) electrons. The van der Waals surface area contributed by atoms with Crippen LogP contribution in [0.1, 0.15) is 16.8 Å². The molecule has 1 atom stereocenters. The molecule has 0 spiro atoms. The van der Waals surface area contributed by atoms with Gasteiger partial charge in [0.1, 0.15) is 5.52 Å². The molecule has 3 aromatic heterocycles. The summed E-state index contributed by atoms with van der Waals surface area (Å²) in [6, 6.07) is 10.5. The number of nitrogens with zero attached hydrogens (tertiary/aromatic N) is 3. The fourth-order valence-electron chi connectivity index (χ4n) is 3.77. The van der Waals surface area contributed by atoms with Gasteiger partial charge >= 0.3 is 0 Å². The first-order chi connectivity index (χ1) is 14.5. The number of halogens is 2. The first-order valence-corrected chi connectivity index (χ1v) is 9.46. The van der Waals surface area contributed by atoms with Gasteiger partial charge in [0.2, 0.25) is 17.3 Å². The Bertz CT molecular complexity index is 1260. The highest BCUT2D eigenvalue weighted by atomic mass is 19.3. The highest BCUT2D eigenvalue weighted by Crippen LogP contribution is 2.41. The lowest BCUT2D eigenvalue weighted by Crippen LogP contribution is -2.67. The molecule has 1 fully saturated rings. The first kappa shape index (κ1) is 18.6. The van der Waals surface area contributed by atoms with Crippen molar-refractivity contribution >= 4 is 27.9 Å². The van der Waals surface area contributed by atoms with Gasteiger partial charge in [0.15, 0.2) is 5.65 Å². The highest BCUT2D eigenvalue weighted by Gasteiger charge is 2.63. The molecule has 30 heavy (non-hydrogen) atoms. The summed E-state index contributed by atoms with van der Waals surface area (Å²) in [4.78, 5) is 28.9. The van der Waals surface area contributed by atoms with Crippen molar-refractivity contribution in [2.24, 2.45) is 0 Å². The topological polar surface area (TPSA) is 92.8 Å². The van der Waals surface area contributed by atoms with E-state index >= 15 is 8.78 Å². The van der Waals surface area contributed by atoms with Crippen LogP contribution in [0.2, 0.25) is 0 Å². The predicted octanol–water partition coefficient (Wildman–Crippen LogP) is 3.14. The molecule has 152 valence electrons. The van der Waals surface area contributed by atoms with E-state index in [0.29, 0.717) is 11.2 Å². The number of aromatic amines is 1. The van der Waals surface area contributed by atoms with E-state index in [4.69, 9.17) is 4.74 Å². The molecule has 0 saturated carbocycles. The molecule has 1 aliphatic heterocycles. The Balaban J connectivity index is 1.63. The normalized spacial score (nSPS) is 21.0. The maximum atomic E-state index is 15.3. The van der Waals surface area contributed by atoms with Crippen molar-refractivity contribution in [2.75, 3.05) is 13.1 Å². The van der Waals surface area contributed by atoms with Crippen molar-refractivity contribution in [1.29, 1.82) is 0 Å². The second kappa shape index (κ2) is 6.81. The number of carbonyl (C=O) groups excluding carboxylic acids is 1. The van der Waals surface area contributed by atoms with Crippen LogP contribution in [0.5, 0.6) is 5.88 Å². The van der Waals surface area contributed by atoms with Gasteiger partial charge < -0.3 is 15.0 Å². The number of rotatable bonds is 4. The number of hydrogen-bond acceptors (Lipinski definition) is 6. The smallest absolute Gasteiger partial charge is 0.296 e. The van der Waals surface area contributed by atoms with Crippen molar-refractivity contribution in [3.05, 3.63) is 60.6 Å². The van der Waals surface area contributed by atoms with E-state index in [1.165, 1.54) is 24.7 Å². The van der Waals surface area contributed by atoms with E-state index in [0.717, 1.165) is 5.39 Å². The minimum absolute atomic E-state index is 0.00210. The number of fused-ring (bicyclic) bond motifs is 2. The number of piperidine rings is 1. The number of pyridine rings is 1. The number of para-hydroxylation sites is 1.